The van der Waals surface area contributed by atoms with Gasteiger partial charge < -0.3 is 15.4 Å². The molecule has 160 valence electrons. The number of nitrogens with zero attached hydrogens (tertiary/aromatic N) is 4. The number of halogens is 4. The van der Waals surface area contributed by atoms with E-state index in [9.17, 15) is 13.2 Å². The maximum Gasteiger partial charge on any atom is 0.411 e. The Morgan fingerprint density at radius 1 is 1.34 bits per heavy atom. The highest BCUT2D eigenvalue weighted by Gasteiger charge is 2.27. The van der Waals surface area contributed by atoms with Gasteiger partial charge >= 0.3 is 6.18 Å². The number of alkyl halides is 3. The second-order valence-corrected chi connectivity index (χ2v) is 6.59. The van der Waals surface area contributed by atoms with E-state index in [1.54, 1.807) is 25.5 Å². The maximum absolute atomic E-state index is 12.2. The number of aromatic nitrogens is 3. The molecule has 2 N–H and O–H groups in total. The lowest BCUT2D eigenvalue weighted by Crippen LogP contribution is -2.46. The van der Waals surface area contributed by atoms with Gasteiger partial charge in [0.1, 0.15) is 18.8 Å². The molecule has 0 saturated carbocycles. The third-order valence-corrected chi connectivity index (χ3v) is 4.36. The molecule has 29 heavy (non-hydrogen) atoms. The number of benzene rings is 1. The molecule has 7 nitrogen and oxygen atoms in total. The molecule has 0 spiro atoms. The van der Waals surface area contributed by atoms with E-state index in [1.807, 2.05) is 16.8 Å². The highest BCUT2D eigenvalue weighted by Crippen LogP contribution is 2.16. The average Bonchev–Trinajstić information content (AvgIpc) is 3.12. The van der Waals surface area contributed by atoms with Crippen molar-refractivity contribution in [3.8, 4) is 0 Å². The Bertz CT molecular complexity index is 811. The lowest BCUT2D eigenvalue weighted by molar-refractivity contribution is -0.176. The fourth-order valence-electron chi connectivity index (χ4n) is 3.04. The normalized spacial score (nSPS) is 16.7. The molecule has 1 aliphatic rings. The van der Waals surface area contributed by atoms with Crippen molar-refractivity contribution < 1.29 is 17.9 Å². The van der Waals surface area contributed by atoms with E-state index in [4.69, 9.17) is 4.74 Å². The van der Waals surface area contributed by atoms with Gasteiger partial charge in [0.25, 0.3) is 0 Å². The first-order valence-electron chi connectivity index (χ1n) is 8.99. The van der Waals surface area contributed by atoms with E-state index >= 15 is 0 Å². The van der Waals surface area contributed by atoms with Crippen LogP contribution >= 0.6 is 24.0 Å². The average molecular weight is 524 g/mol. The largest absolute Gasteiger partial charge is 0.411 e. The van der Waals surface area contributed by atoms with E-state index in [-0.39, 0.29) is 36.6 Å². The predicted octanol–water partition coefficient (Wildman–Crippen LogP) is 2.66. The minimum atomic E-state index is -4.32. The van der Waals surface area contributed by atoms with Crippen LogP contribution in [-0.4, -0.2) is 46.6 Å². The fourth-order valence-corrected chi connectivity index (χ4v) is 3.04. The van der Waals surface area contributed by atoms with Gasteiger partial charge in [-0.1, -0.05) is 24.3 Å². The molecule has 0 amide bonds. The van der Waals surface area contributed by atoms with E-state index in [0.29, 0.717) is 18.1 Å². The Kier molecular flexibility index (Phi) is 8.68. The monoisotopic (exact) mass is 524 g/mol. The highest BCUT2D eigenvalue weighted by molar-refractivity contribution is 14.0. The van der Waals surface area contributed by atoms with E-state index in [2.05, 4.69) is 25.7 Å². The van der Waals surface area contributed by atoms with Crippen LogP contribution in [0.4, 0.5) is 13.2 Å². The summed E-state index contributed by atoms with van der Waals surface area (Å²) < 4.78 is 43.1. The van der Waals surface area contributed by atoms with Crippen molar-refractivity contribution in [2.75, 3.05) is 13.7 Å². The number of hydrogen-bond acceptors (Lipinski definition) is 4. The van der Waals surface area contributed by atoms with Gasteiger partial charge in [0.05, 0.1) is 13.2 Å². The van der Waals surface area contributed by atoms with Gasteiger partial charge in [-0.3, -0.25) is 4.99 Å². The molecule has 0 bridgehead atoms. The second kappa shape index (κ2) is 10.8. The van der Waals surface area contributed by atoms with Gasteiger partial charge in [0.15, 0.2) is 5.96 Å². The molecule has 0 radical (unpaired) electrons. The zero-order valence-electron chi connectivity index (χ0n) is 15.9. The molecule has 1 aliphatic heterocycles. The van der Waals surface area contributed by atoms with E-state index in [1.165, 1.54) is 0 Å². The second-order valence-electron chi connectivity index (χ2n) is 6.59. The third kappa shape index (κ3) is 7.46. The molecule has 11 heteroatoms. The van der Waals surface area contributed by atoms with E-state index < -0.39 is 12.8 Å². The van der Waals surface area contributed by atoms with Crippen molar-refractivity contribution in [1.29, 1.82) is 0 Å². The number of rotatable bonds is 6. The van der Waals surface area contributed by atoms with Crippen LogP contribution in [0.3, 0.4) is 0 Å². The molecule has 3 rings (SSSR count). The number of hydrogen-bond donors (Lipinski definition) is 2. The first-order valence-corrected chi connectivity index (χ1v) is 8.99. The van der Waals surface area contributed by atoms with Crippen molar-refractivity contribution in [3.05, 3.63) is 47.5 Å². The van der Waals surface area contributed by atoms with Gasteiger partial charge in [-0.25, -0.2) is 9.67 Å². The summed E-state index contributed by atoms with van der Waals surface area (Å²) in [5, 5.41) is 10.8. The SMILES string of the molecule is CN=C(NCc1cccc(COCC(F)(F)F)c1)NC1CCc2ncnn2C1.I. The first-order chi connectivity index (χ1) is 13.4. The number of nitrogens with one attached hydrogen (secondary N) is 2. The molecular weight excluding hydrogens is 500 g/mol. The van der Waals surface area contributed by atoms with Crippen LogP contribution in [0, 0.1) is 0 Å². The van der Waals surface area contributed by atoms with Crippen LogP contribution < -0.4 is 10.6 Å². The van der Waals surface area contributed by atoms with Crippen molar-refractivity contribution in [2.24, 2.45) is 4.99 Å². The molecule has 1 atom stereocenters. The molecule has 1 aromatic carbocycles. The summed E-state index contributed by atoms with van der Waals surface area (Å²) in [7, 11) is 1.69. The predicted molar refractivity (Wildman–Crippen MR) is 113 cm³/mol. The number of fused-ring (bicyclic) bond motifs is 1. The first kappa shape index (κ1) is 23.4. The van der Waals surface area contributed by atoms with Crippen molar-refractivity contribution in [2.45, 2.75) is 44.8 Å². The topological polar surface area (TPSA) is 76.4 Å². The Labute approximate surface area is 184 Å². The lowest BCUT2D eigenvalue weighted by atomic mass is 10.1. The molecule has 1 aromatic heterocycles. The molecule has 0 fully saturated rings. The van der Waals surface area contributed by atoms with Crippen LogP contribution in [0.15, 0.2) is 35.6 Å². The lowest BCUT2D eigenvalue weighted by Gasteiger charge is -2.25. The summed E-state index contributed by atoms with van der Waals surface area (Å²) in [6.07, 6.45) is -0.959. The van der Waals surface area contributed by atoms with Crippen molar-refractivity contribution in [3.63, 3.8) is 0 Å². The van der Waals surface area contributed by atoms with Crippen LogP contribution in [0.5, 0.6) is 0 Å². The minimum absolute atomic E-state index is 0. The maximum atomic E-state index is 12.2. The quantitative estimate of drug-likeness (QED) is 0.346. The molecule has 0 aliphatic carbocycles. The number of ether oxygens (including phenoxy) is 1. The number of guanidine groups is 1. The summed E-state index contributed by atoms with van der Waals surface area (Å²) in [4.78, 5) is 8.45. The van der Waals surface area contributed by atoms with Crippen LogP contribution in [0.25, 0.3) is 0 Å². The smallest absolute Gasteiger partial charge is 0.367 e. The third-order valence-electron chi connectivity index (χ3n) is 4.36. The van der Waals surface area contributed by atoms with Gasteiger partial charge in [0, 0.05) is 26.1 Å². The zero-order valence-corrected chi connectivity index (χ0v) is 18.3. The molecule has 2 aromatic rings. The summed E-state index contributed by atoms with van der Waals surface area (Å²) in [5.74, 6) is 1.65. The minimum Gasteiger partial charge on any atom is -0.367 e. The summed E-state index contributed by atoms with van der Waals surface area (Å²) >= 11 is 0. The van der Waals surface area contributed by atoms with Gasteiger partial charge in [-0.05, 0) is 17.5 Å². The molecule has 0 saturated heterocycles. The Balaban J connectivity index is 0.00000300. The summed E-state index contributed by atoms with van der Waals surface area (Å²) in [6, 6.07) is 7.45. The van der Waals surface area contributed by atoms with Crippen molar-refractivity contribution in [1.82, 2.24) is 25.4 Å². The van der Waals surface area contributed by atoms with Gasteiger partial charge in [0.2, 0.25) is 0 Å². The molecule has 1 unspecified atom stereocenters. The highest BCUT2D eigenvalue weighted by atomic mass is 127. The van der Waals surface area contributed by atoms with Crippen LogP contribution in [0.1, 0.15) is 23.4 Å². The summed E-state index contributed by atoms with van der Waals surface area (Å²) in [6.45, 7) is -0.111. The molecule has 2 heterocycles. The Morgan fingerprint density at radius 3 is 2.90 bits per heavy atom. The van der Waals surface area contributed by atoms with Gasteiger partial charge in [-0.15, -0.1) is 24.0 Å². The summed E-state index contributed by atoms with van der Waals surface area (Å²) in [5.41, 5.74) is 1.62. The molecular formula is C18H24F3IN6O. The van der Waals surface area contributed by atoms with Crippen LogP contribution in [0.2, 0.25) is 0 Å². The van der Waals surface area contributed by atoms with Crippen LogP contribution in [-0.2, 0) is 30.9 Å². The fraction of sp³-hybridized carbons (Fsp3) is 0.500. The number of aliphatic imine (C=N–C) groups is 1. The van der Waals surface area contributed by atoms with E-state index in [0.717, 1.165) is 30.8 Å². The Morgan fingerprint density at radius 2 is 2.14 bits per heavy atom. The zero-order chi connectivity index (χ0) is 20.0. The standard InChI is InChI=1S/C18H23F3N6O.HI/c1-22-17(26-15-5-6-16-24-12-25-27(16)9-15)23-8-13-3-2-4-14(7-13)10-28-11-18(19,20)21;/h2-4,7,12,15H,5-6,8-11H2,1H3,(H2,22,23,26);1H. The van der Waals surface area contributed by atoms with Gasteiger partial charge in [-0.2, -0.15) is 18.3 Å². The van der Waals surface area contributed by atoms with Crippen molar-refractivity contribution >= 4 is 29.9 Å². The number of aryl methyl sites for hydroxylation is 1. The Hall–Kier alpha value is -1.89.